The van der Waals surface area contributed by atoms with Crippen molar-refractivity contribution in [3.8, 4) is 0 Å². The SMILES string of the molecule is CCCN1CCN(S(=O)(=O)c2ccc(C(N)=S)s2)CC1. The first kappa shape index (κ1) is 15.8. The van der Waals surface area contributed by atoms with Gasteiger partial charge in [0.2, 0.25) is 0 Å². The number of piperazine rings is 1. The van der Waals surface area contributed by atoms with Gasteiger partial charge in [-0.25, -0.2) is 8.42 Å². The van der Waals surface area contributed by atoms with Gasteiger partial charge in [-0.1, -0.05) is 19.1 Å². The third kappa shape index (κ3) is 3.37. The van der Waals surface area contributed by atoms with Gasteiger partial charge < -0.3 is 10.6 Å². The van der Waals surface area contributed by atoms with E-state index in [4.69, 9.17) is 18.0 Å². The van der Waals surface area contributed by atoms with Crippen molar-refractivity contribution >= 4 is 38.6 Å². The van der Waals surface area contributed by atoms with Crippen LogP contribution in [-0.4, -0.2) is 55.3 Å². The molecule has 2 N–H and O–H groups in total. The van der Waals surface area contributed by atoms with Crippen LogP contribution >= 0.6 is 23.6 Å². The van der Waals surface area contributed by atoms with Gasteiger partial charge in [-0.05, 0) is 25.1 Å². The summed E-state index contributed by atoms with van der Waals surface area (Å²) in [5.41, 5.74) is 5.53. The van der Waals surface area contributed by atoms with E-state index in [0.29, 0.717) is 22.2 Å². The lowest BCUT2D eigenvalue weighted by Crippen LogP contribution is -2.48. The Labute approximate surface area is 129 Å². The highest BCUT2D eigenvalue weighted by atomic mass is 32.2. The maximum Gasteiger partial charge on any atom is 0.252 e. The van der Waals surface area contributed by atoms with Crippen LogP contribution in [0.3, 0.4) is 0 Å². The van der Waals surface area contributed by atoms with Crippen LogP contribution in [0.25, 0.3) is 0 Å². The van der Waals surface area contributed by atoms with Crippen LogP contribution in [0.5, 0.6) is 0 Å². The van der Waals surface area contributed by atoms with Gasteiger partial charge in [0.05, 0.1) is 4.88 Å². The predicted octanol–water partition coefficient (Wildman–Crippen LogP) is 1.10. The monoisotopic (exact) mass is 333 g/mol. The summed E-state index contributed by atoms with van der Waals surface area (Å²) in [6.45, 7) is 5.83. The first-order valence-electron chi connectivity index (χ1n) is 6.57. The van der Waals surface area contributed by atoms with E-state index in [9.17, 15) is 8.42 Å². The summed E-state index contributed by atoms with van der Waals surface area (Å²) in [6, 6.07) is 3.26. The van der Waals surface area contributed by atoms with Gasteiger partial charge in [0.1, 0.15) is 9.20 Å². The predicted molar refractivity (Wildman–Crippen MR) is 85.7 cm³/mol. The van der Waals surface area contributed by atoms with Gasteiger partial charge in [-0.2, -0.15) is 4.31 Å². The molecule has 2 rings (SSSR count). The first-order chi connectivity index (χ1) is 9.45. The fraction of sp³-hybridized carbons (Fsp3) is 0.583. The van der Waals surface area contributed by atoms with E-state index in [1.54, 1.807) is 16.4 Å². The summed E-state index contributed by atoms with van der Waals surface area (Å²) in [7, 11) is -3.40. The molecule has 0 amide bonds. The van der Waals surface area contributed by atoms with Gasteiger partial charge in [-0.15, -0.1) is 11.3 Å². The number of hydrogen-bond acceptors (Lipinski definition) is 5. The summed E-state index contributed by atoms with van der Waals surface area (Å²) in [4.78, 5) is 3.17. The molecule has 8 heteroatoms. The van der Waals surface area contributed by atoms with E-state index in [1.807, 2.05) is 0 Å². The van der Waals surface area contributed by atoms with Crippen LogP contribution in [0, 0.1) is 0 Å². The van der Waals surface area contributed by atoms with Crippen LogP contribution in [0.2, 0.25) is 0 Å². The number of thiocarbonyl (C=S) groups is 1. The quantitative estimate of drug-likeness (QED) is 0.817. The molecule has 1 aliphatic heterocycles. The van der Waals surface area contributed by atoms with Crippen LogP contribution in [-0.2, 0) is 10.0 Å². The lowest BCUT2D eigenvalue weighted by Gasteiger charge is -2.33. The number of hydrogen-bond donors (Lipinski definition) is 1. The maximum atomic E-state index is 12.5. The lowest BCUT2D eigenvalue weighted by atomic mass is 10.3. The van der Waals surface area contributed by atoms with Crippen molar-refractivity contribution in [3.63, 3.8) is 0 Å². The van der Waals surface area contributed by atoms with Crippen LogP contribution in [0.4, 0.5) is 0 Å². The minimum Gasteiger partial charge on any atom is -0.389 e. The molecule has 0 spiro atoms. The maximum absolute atomic E-state index is 12.5. The van der Waals surface area contributed by atoms with E-state index in [0.717, 1.165) is 37.4 Å². The molecule has 1 aromatic heterocycles. The molecule has 20 heavy (non-hydrogen) atoms. The van der Waals surface area contributed by atoms with Crippen molar-refractivity contribution in [1.29, 1.82) is 0 Å². The molecule has 5 nitrogen and oxygen atoms in total. The highest BCUT2D eigenvalue weighted by Gasteiger charge is 2.29. The highest BCUT2D eigenvalue weighted by molar-refractivity contribution is 7.91. The van der Waals surface area contributed by atoms with Gasteiger partial charge in [0.15, 0.2) is 0 Å². The minimum atomic E-state index is -3.40. The molecule has 0 radical (unpaired) electrons. The van der Waals surface area contributed by atoms with Gasteiger partial charge in [0, 0.05) is 26.2 Å². The second-order valence-corrected chi connectivity index (χ2v) is 8.42. The van der Waals surface area contributed by atoms with E-state index in [2.05, 4.69) is 11.8 Å². The molecule has 0 bridgehead atoms. The van der Waals surface area contributed by atoms with Gasteiger partial charge in [0.25, 0.3) is 10.0 Å². The van der Waals surface area contributed by atoms with Crippen LogP contribution < -0.4 is 5.73 Å². The van der Waals surface area contributed by atoms with Crippen LogP contribution in [0.15, 0.2) is 16.3 Å². The number of thiophene rings is 1. The van der Waals surface area contributed by atoms with Crippen molar-refractivity contribution in [3.05, 3.63) is 17.0 Å². The number of nitrogens with zero attached hydrogens (tertiary/aromatic N) is 2. The standard InChI is InChI=1S/C12H19N3O2S3/c1-2-5-14-6-8-15(9-7-14)20(16,17)11-4-3-10(19-11)12(13)18/h3-4H,2,5-9H2,1H3,(H2,13,18). The van der Waals surface area contributed by atoms with E-state index < -0.39 is 10.0 Å². The average Bonchev–Trinajstić information content (AvgIpc) is 2.90. The first-order valence-corrected chi connectivity index (χ1v) is 9.23. The molecule has 2 heterocycles. The molecule has 0 aromatic carbocycles. The molecule has 1 saturated heterocycles. The zero-order chi connectivity index (χ0) is 14.8. The minimum absolute atomic E-state index is 0.240. The van der Waals surface area contributed by atoms with Crippen molar-refractivity contribution in [1.82, 2.24) is 9.21 Å². The average molecular weight is 334 g/mol. The zero-order valence-corrected chi connectivity index (χ0v) is 13.9. The Balaban J connectivity index is 2.09. The topological polar surface area (TPSA) is 66.6 Å². The molecule has 1 aromatic rings. The van der Waals surface area contributed by atoms with Gasteiger partial charge >= 0.3 is 0 Å². The number of nitrogens with two attached hydrogens (primary N) is 1. The smallest absolute Gasteiger partial charge is 0.252 e. The van der Waals surface area contributed by atoms with E-state index in [1.165, 1.54) is 0 Å². The zero-order valence-electron chi connectivity index (χ0n) is 11.4. The lowest BCUT2D eigenvalue weighted by molar-refractivity contribution is 0.189. The molecular weight excluding hydrogens is 314 g/mol. The summed E-state index contributed by atoms with van der Waals surface area (Å²) >= 11 is 6.02. The van der Waals surface area contributed by atoms with Crippen molar-refractivity contribution in [2.75, 3.05) is 32.7 Å². The number of sulfonamides is 1. The summed E-state index contributed by atoms with van der Waals surface area (Å²) < 4.78 is 26.9. The summed E-state index contributed by atoms with van der Waals surface area (Å²) in [5, 5.41) is 0. The normalized spacial score (nSPS) is 18.2. The molecular formula is C12H19N3O2S3. The van der Waals surface area contributed by atoms with Crippen LogP contribution in [0.1, 0.15) is 18.2 Å². The molecule has 0 saturated carbocycles. The molecule has 0 unspecified atom stereocenters. The molecule has 112 valence electrons. The highest BCUT2D eigenvalue weighted by Crippen LogP contribution is 2.25. The summed E-state index contributed by atoms with van der Waals surface area (Å²) in [5.74, 6) is 0. The van der Waals surface area contributed by atoms with Crippen molar-refractivity contribution < 1.29 is 8.42 Å². The molecule has 1 fully saturated rings. The van der Waals surface area contributed by atoms with E-state index >= 15 is 0 Å². The Bertz CT molecular complexity index is 575. The second kappa shape index (κ2) is 6.48. The van der Waals surface area contributed by atoms with Crippen molar-refractivity contribution in [2.24, 2.45) is 5.73 Å². The van der Waals surface area contributed by atoms with Crippen molar-refractivity contribution in [2.45, 2.75) is 17.6 Å². The third-order valence-corrected chi connectivity index (χ3v) is 7.12. The third-order valence-electron chi connectivity index (χ3n) is 3.29. The fourth-order valence-corrected chi connectivity index (χ4v) is 5.16. The Morgan fingerprint density at radius 3 is 2.50 bits per heavy atom. The second-order valence-electron chi connectivity index (χ2n) is 4.73. The Morgan fingerprint density at radius 1 is 1.35 bits per heavy atom. The van der Waals surface area contributed by atoms with E-state index in [-0.39, 0.29) is 4.99 Å². The summed E-state index contributed by atoms with van der Waals surface area (Å²) in [6.07, 6.45) is 1.09. The largest absolute Gasteiger partial charge is 0.389 e. The molecule has 1 aliphatic rings. The Kier molecular flexibility index (Phi) is 5.14. The molecule has 0 aliphatic carbocycles. The Morgan fingerprint density at radius 2 is 2.00 bits per heavy atom. The Hall–Kier alpha value is -0.540. The number of rotatable bonds is 5. The fourth-order valence-electron chi connectivity index (χ4n) is 2.23. The van der Waals surface area contributed by atoms with Gasteiger partial charge in [-0.3, -0.25) is 0 Å². The molecule has 0 atom stereocenters.